The number of benzene rings is 4. The van der Waals surface area contributed by atoms with E-state index in [9.17, 15) is 35.4 Å². The lowest BCUT2D eigenvalue weighted by atomic mass is 9.93. The Labute approximate surface area is 225 Å². The molecule has 0 saturated heterocycles. The number of hydrogen-bond acceptors (Lipinski definition) is 10. The second-order valence-electron chi connectivity index (χ2n) is 9.39. The van der Waals surface area contributed by atoms with Crippen LogP contribution in [0.15, 0.2) is 82.0 Å². The first-order valence-electron chi connectivity index (χ1n) is 12.2. The van der Waals surface area contributed by atoms with Crippen molar-refractivity contribution in [2.45, 2.75) is 18.6 Å². The molecule has 1 aliphatic rings. The van der Waals surface area contributed by atoms with Crippen LogP contribution in [0.3, 0.4) is 0 Å². The Hall–Kier alpha value is -5.35. The molecule has 0 aliphatic carbocycles. The van der Waals surface area contributed by atoms with Gasteiger partial charge in [-0.1, -0.05) is 12.1 Å². The van der Waals surface area contributed by atoms with Crippen LogP contribution in [0.2, 0.25) is 0 Å². The van der Waals surface area contributed by atoms with E-state index in [1.807, 2.05) is 0 Å². The van der Waals surface area contributed by atoms with E-state index in [1.165, 1.54) is 42.5 Å². The van der Waals surface area contributed by atoms with Gasteiger partial charge in [-0.15, -0.1) is 0 Å². The third-order valence-corrected chi connectivity index (χ3v) is 6.69. The number of fused-ring (bicyclic) bond motifs is 2. The molecule has 1 aliphatic heterocycles. The average Bonchev–Trinajstić information content (AvgIpc) is 2.92. The molecule has 202 valence electrons. The van der Waals surface area contributed by atoms with Gasteiger partial charge in [-0.25, -0.2) is 0 Å². The van der Waals surface area contributed by atoms with Crippen LogP contribution in [0.4, 0.5) is 0 Å². The monoisotopic (exact) mass is 542 g/mol. The summed E-state index contributed by atoms with van der Waals surface area (Å²) >= 11 is 0. The fourth-order valence-corrected chi connectivity index (χ4v) is 4.73. The Morgan fingerprint density at radius 1 is 0.800 bits per heavy atom. The fraction of sp³-hybridized carbons (Fsp3) is 0.100. The van der Waals surface area contributed by atoms with E-state index in [0.29, 0.717) is 11.1 Å². The minimum atomic E-state index is -1.04. The van der Waals surface area contributed by atoms with Gasteiger partial charge in [0.15, 0.2) is 23.0 Å². The maximum absolute atomic E-state index is 12.7. The number of aliphatic hydroxyl groups is 1. The molecule has 0 radical (unpaired) electrons. The zero-order valence-corrected chi connectivity index (χ0v) is 20.6. The standard InChI is InChI=1S/C30H22O10/c31-16-5-1-14(2-6-16)24-13-22(35)27-21(34)9-18(10-25(27)39-24)38-26-12-20(33)19-11-23(36)29(40-30(19)28(26)37)15-3-7-17(32)8-4-15/h1-10,12-13,23,29,31-34,36-37H,11H2/t23-,29+/m0/s1. The summed E-state index contributed by atoms with van der Waals surface area (Å²) in [6.07, 6.45) is -1.97. The van der Waals surface area contributed by atoms with Crippen molar-refractivity contribution in [1.29, 1.82) is 0 Å². The molecule has 2 atom stereocenters. The van der Waals surface area contributed by atoms with Gasteiger partial charge >= 0.3 is 0 Å². The second kappa shape index (κ2) is 9.44. The number of hydrogen-bond donors (Lipinski definition) is 6. The van der Waals surface area contributed by atoms with E-state index in [-0.39, 0.29) is 63.2 Å². The third kappa shape index (κ3) is 4.36. The molecule has 1 aromatic heterocycles. The normalized spacial score (nSPS) is 16.3. The number of aromatic hydroxyl groups is 5. The van der Waals surface area contributed by atoms with E-state index in [1.54, 1.807) is 24.3 Å². The van der Waals surface area contributed by atoms with E-state index < -0.39 is 29.1 Å². The van der Waals surface area contributed by atoms with Crippen molar-refractivity contribution in [2.24, 2.45) is 0 Å². The molecule has 5 aromatic rings. The van der Waals surface area contributed by atoms with Crippen LogP contribution in [0.5, 0.6) is 46.0 Å². The molecule has 40 heavy (non-hydrogen) atoms. The predicted molar refractivity (Wildman–Crippen MR) is 142 cm³/mol. The lowest BCUT2D eigenvalue weighted by Gasteiger charge is -2.32. The minimum absolute atomic E-state index is 0.000914. The van der Waals surface area contributed by atoms with Crippen LogP contribution < -0.4 is 14.9 Å². The first kappa shape index (κ1) is 25.0. The Morgan fingerprint density at radius 2 is 1.48 bits per heavy atom. The molecule has 10 nitrogen and oxygen atoms in total. The highest BCUT2D eigenvalue weighted by molar-refractivity contribution is 5.86. The first-order valence-corrected chi connectivity index (χ1v) is 12.2. The van der Waals surface area contributed by atoms with E-state index >= 15 is 0 Å². The van der Waals surface area contributed by atoms with Crippen LogP contribution in [0.25, 0.3) is 22.3 Å². The Morgan fingerprint density at radius 3 is 2.17 bits per heavy atom. The molecular weight excluding hydrogens is 520 g/mol. The molecule has 6 N–H and O–H groups in total. The molecule has 0 saturated carbocycles. The summed E-state index contributed by atoms with van der Waals surface area (Å²) in [6.45, 7) is 0. The van der Waals surface area contributed by atoms with Crippen LogP contribution in [0, 0.1) is 0 Å². The predicted octanol–water partition coefficient (Wildman–Crippen LogP) is 4.82. The maximum atomic E-state index is 12.7. The number of phenols is 5. The SMILES string of the molecule is O=c1cc(-c2ccc(O)cc2)oc2cc(Oc3cc(O)c4c(c3O)O[C@H](c3ccc(O)cc3)[C@@H](O)C4)cc(O)c12. The van der Waals surface area contributed by atoms with Crippen molar-refractivity contribution in [3.05, 3.63) is 94.1 Å². The maximum Gasteiger partial charge on any atom is 0.202 e. The zero-order valence-electron chi connectivity index (χ0n) is 20.6. The molecule has 0 spiro atoms. The van der Waals surface area contributed by atoms with Crippen molar-refractivity contribution >= 4 is 11.0 Å². The summed E-state index contributed by atoms with van der Waals surface area (Å²) in [4.78, 5) is 12.7. The quantitative estimate of drug-likeness (QED) is 0.173. The van der Waals surface area contributed by atoms with Crippen molar-refractivity contribution in [3.8, 4) is 57.3 Å². The van der Waals surface area contributed by atoms with Gasteiger partial charge in [0.05, 0.1) is 6.10 Å². The summed E-state index contributed by atoms with van der Waals surface area (Å²) in [5, 5.41) is 61.9. The van der Waals surface area contributed by atoms with E-state index in [2.05, 4.69) is 0 Å². The van der Waals surface area contributed by atoms with Crippen molar-refractivity contribution < 1.29 is 44.5 Å². The van der Waals surface area contributed by atoms with Gasteiger partial charge in [-0.2, -0.15) is 0 Å². The van der Waals surface area contributed by atoms with Crippen LogP contribution in [-0.2, 0) is 6.42 Å². The summed E-state index contributed by atoms with van der Waals surface area (Å²) in [5.74, 6) is -1.23. The Balaban J connectivity index is 1.38. The summed E-state index contributed by atoms with van der Waals surface area (Å²) in [6, 6.07) is 16.9. The van der Waals surface area contributed by atoms with Gasteiger partial charge in [0.25, 0.3) is 0 Å². The molecule has 0 bridgehead atoms. The zero-order chi connectivity index (χ0) is 28.1. The van der Waals surface area contributed by atoms with Gasteiger partial charge in [0.2, 0.25) is 5.75 Å². The average molecular weight is 542 g/mol. The molecular formula is C30H22O10. The highest BCUT2D eigenvalue weighted by Crippen LogP contribution is 2.51. The summed E-state index contributed by atoms with van der Waals surface area (Å²) in [5.41, 5.74) is 0.731. The number of rotatable bonds is 4. The smallest absolute Gasteiger partial charge is 0.202 e. The van der Waals surface area contributed by atoms with Gasteiger partial charge in [-0.05, 0) is 42.0 Å². The van der Waals surface area contributed by atoms with Crippen LogP contribution in [-0.4, -0.2) is 36.7 Å². The van der Waals surface area contributed by atoms with Crippen molar-refractivity contribution in [2.75, 3.05) is 0 Å². The van der Waals surface area contributed by atoms with Gasteiger partial charge in [0.1, 0.15) is 45.5 Å². The molecule has 0 fully saturated rings. The van der Waals surface area contributed by atoms with E-state index in [0.717, 1.165) is 6.07 Å². The molecule has 4 aromatic carbocycles. The van der Waals surface area contributed by atoms with Gasteiger partial charge in [-0.3, -0.25) is 4.79 Å². The van der Waals surface area contributed by atoms with Crippen molar-refractivity contribution in [3.63, 3.8) is 0 Å². The summed E-state index contributed by atoms with van der Waals surface area (Å²) < 4.78 is 17.5. The molecule has 2 heterocycles. The molecule has 6 rings (SSSR count). The molecule has 10 heteroatoms. The summed E-state index contributed by atoms with van der Waals surface area (Å²) in [7, 11) is 0. The van der Waals surface area contributed by atoms with Gasteiger partial charge < -0.3 is 44.5 Å². The van der Waals surface area contributed by atoms with E-state index in [4.69, 9.17) is 13.9 Å². The lowest BCUT2D eigenvalue weighted by Crippen LogP contribution is -2.30. The second-order valence-corrected chi connectivity index (χ2v) is 9.39. The van der Waals surface area contributed by atoms with Crippen LogP contribution >= 0.6 is 0 Å². The number of aliphatic hydroxyl groups excluding tert-OH is 1. The topological polar surface area (TPSA) is 170 Å². The number of phenolic OH excluding ortho intramolecular Hbond substituents is 5. The number of ether oxygens (including phenoxy) is 2. The fourth-order valence-electron chi connectivity index (χ4n) is 4.73. The first-order chi connectivity index (χ1) is 19.2. The minimum Gasteiger partial charge on any atom is -0.508 e. The van der Waals surface area contributed by atoms with Crippen LogP contribution in [0.1, 0.15) is 17.2 Å². The Bertz CT molecular complexity index is 1810. The molecule has 0 amide bonds. The third-order valence-electron chi connectivity index (χ3n) is 6.69. The largest absolute Gasteiger partial charge is 0.508 e. The van der Waals surface area contributed by atoms with Crippen molar-refractivity contribution in [1.82, 2.24) is 0 Å². The highest BCUT2D eigenvalue weighted by Gasteiger charge is 2.35. The Kier molecular flexibility index (Phi) is 5.89. The van der Waals surface area contributed by atoms with Gasteiger partial charge in [0, 0.05) is 41.8 Å². The lowest BCUT2D eigenvalue weighted by molar-refractivity contribution is 0.0179. The molecule has 0 unspecified atom stereocenters. The highest BCUT2D eigenvalue weighted by atomic mass is 16.5.